The van der Waals surface area contributed by atoms with Gasteiger partial charge in [0.15, 0.2) is 12.1 Å². The molecule has 0 bridgehead atoms. The van der Waals surface area contributed by atoms with Gasteiger partial charge in [-0.05, 0) is 24.3 Å². The first-order valence-corrected chi connectivity index (χ1v) is 8.68. The summed E-state index contributed by atoms with van der Waals surface area (Å²) >= 11 is 0. The van der Waals surface area contributed by atoms with Gasteiger partial charge in [0.1, 0.15) is 11.5 Å². The minimum Gasteiger partial charge on any atom is -0.365 e. The SMILES string of the molecule is COC(CNc1cc(-c2cccc(C(F)(F)F)c2)nc(-c2ccccn2)n1)OC. The molecular formula is C20H19F3N4O2. The van der Waals surface area contributed by atoms with E-state index < -0.39 is 18.0 Å². The van der Waals surface area contributed by atoms with Crippen LogP contribution in [0.4, 0.5) is 19.0 Å². The van der Waals surface area contributed by atoms with Crippen LogP contribution in [0.2, 0.25) is 0 Å². The molecule has 0 fully saturated rings. The summed E-state index contributed by atoms with van der Waals surface area (Å²) in [7, 11) is 3.01. The fraction of sp³-hybridized carbons (Fsp3) is 0.250. The van der Waals surface area contributed by atoms with Gasteiger partial charge in [-0.25, -0.2) is 9.97 Å². The highest BCUT2D eigenvalue weighted by molar-refractivity contribution is 5.67. The lowest BCUT2D eigenvalue weighted by Crippen LogP contribution is -2.24. The van der Waals surface area contributed by atoms with Crippen molar-refractivity contribution in [1.29, 1.82) is 0 Å². The number of ether oxygens (including phenoxy) is 2. The number of hydrogen-bond donors (Lipinski definition) is 1. The van der Waals surface area contributed by atoms with Crippen molar-refractivity contribution in [2.45, 2.75) is 12.5 Å². The van der Waals surface area contributed by atoms with Crippen LogP contribution < -0.4 is 5.32 Å². The van der Waals surface area contributed by atoms with Gasteiger partial charge in [-0.15, -0.1) is 0 Å². The van der Waals surface area contributed by atoms with E-state index in [9.17, 15) is 13.2 Å². The number of methoxy groups -OCH3 is 2. The van der Waals surface area contributed by atoms with Gasteiger partial charge in [0, 0.05) is 32.0 Å². The molecule has 3 rings (SSSR count). The van der Waals surface area contributed by atoms with Crippen LogP contribution in [-0.4, -0.2) is 42.0 Å². The second-order valence-corrected chi connectivity index (χ2v) is 6.04. The third-order valence-electron chi connectivity index (χ3n) is 4.08. The molecule has 0 aliphatic carbocycles. The number of nitrogens with one attached hydrogen (secondary N) is 1. The summed E-state index contributed by atoms with van der Waals surface area (Å²) < 4.78 is 49.6. The maximum absolute atomic E-state index is 13.1. The summed E-state index contributed by atoms with van der Waals surface area (Å²) in [6, 6.07) is 11.8. The molecule has 0 saturated heterocycles. The molecule has 0 atom stereocenters. The molecule has 0 amide bonds. The maximum Gasteiger partial charge on any atom is 0.416 e. The Labute approximate surface area is 165 Å². The number of benzene rings is 1. The average molecular weight is 404 g/mol. The Morgan fingerprint density at radius 3 is 2.41 bits per heavy atom. The first kappa shape index (κ1) is 20.7. The van der Waals surface area contributed by atoms with Gasteiger partial charge in [0.25, 0.3) is 0 Å². The number of rotatable bonds is 7. The van der Waals surface area contributed by atoms with E-state index in [0.29, 0.717) is 22.8 Å². The second-order valence-electron chi connectivity index (χ2n) is 6.04. The highest BCUT2D eigenvalue weighted by atomic mass is 19.4. The minimum atomic E-state index is -4.45. The molecule has 0 radical (unpaired) electrons. The zero-order valence-electron chi connectivity index (χ0n) is 15.8. The van der Waals surface area contributed by atoms with Crippen molar-refractivity contribution < 1.29 is 22.6 Å². The van der Waals surface area contributed by atoms with E-state index in [-0.39, 0.29) is 12.4 Å². The van der Waals surface area contributed by atoms with Gasteiger partial charge in [0.05, 0.1) is 17.8 Å². The number of halogens is 3. The van der Waals surface area contributed by atoms with Crippen LogP contribution in [0, 0.1) is 0 Å². The summed E-state index contributed by atoms with van der Waals surface area (Å²) in [5, 5.41) is 3.06. The van der Waals surface area contributed by atoms with Crippen LogP contribution in [0.1, 0.15) is 5.56 Å². The van der Waals surface area contributed by atoms with Crippen LogP contribution in [-0.2, 0) is 15.7 Å². The zero-order valence-corrected chi connectivity index (χ0v) is 15.8. The predicted molar refractivity (Wildman–Crippen MR) is 102 cm³/mol. The van der Waals surface area contributed by atoms with Gasteiger partial charge in [-0.3, -0.25) is 4.98 Å². The second kappa shape index (κ2) is 8.97. The van der Waals surface area contributed by atoms with Crippen LogP contribution in [0.25, 0.3) is 22.8 Å². The lowest BCUT2D eigenvalue weighted by atomic mass is 10.1. The quantitative estimate of drug-likeness (QED) is 0.594. The van der Waals surface area contributed by atoms with Gasteiger partial charge in [-0.2, -0.15) is 13.2 Å². The fourth-order valence-electron chi connectivity index (χ4n) is 2.60. The zero-order chi connectivity index (χ0) is 20.9. The van der Waals surface area contributed by atoms with Crippen molar-refractivity contribution in [1.82, 2.24) is 15.0 Å². The van der Waals surface area contributed by atoms with Crippen molar-refractivity contribution in [3.05, 3.63) is 60.3 Å². The Balaban J connectivity index is 2.03. The molecule has 9 heteroatoms. The van der Waals surface area contributed by atoms with E-state index in [4.69, 9.17) is 9.47 Å². The first-order valence-electron chi connectivity index (χ1n) is 8.68. The van der Waals surface area contributed by atoms with Gasteiger partial charge in [0.2, 0.25) is 0 Å². The number of pyridine rings is 1. The van der Waals surface area contributed by atoms with Gasteiger partial charge < -0.3 is 14.8 Å². The highest BCUT2D eigenvalue weighted by Gasteiger charge is 2.30. The minimum absolute atomic E-state index is 0.285. The molecule has 0 aliphatic heterocycles. The van der Waals surface area contributed by atoms with Crippen molar-refractivity contribution >= 4 is 5.82 Å². The molecule has 0 saturated carbocycles. The highest BCUT2D eigenvalue weighted by Crippen LogP contribution is 2.32. The topological polar surface area (TPSA) is 69.2 Å². The molecule has 0 aliphatic rings. The molecular weight excluding hydrogens is 385 g/mol. The summed E-state index contributed by atoms with van der Waals surface area (Å²) in [4.78, 5) is 13.1. The van der Waals surface area contributed by atoms with Crippen molar-refractivity contribution in [2.75, 3.05) is 26.1 Å². The smallest absolute Gasteiger partial charge is 0.365 e. The summed E-state index contributed by atoms with van der Waals surface area (Å²) in [5.74, 6) is 0.696. The van der Waals surface area contributed by atoms with Crippen LogP contribution >= 0.6 is 0 Å². The predicted octanol–water partition coefficient (Wildman–Crippen LogP) is 4.26. The van der Waals surface area contributed by atoms with Crippen molar-refractivity contribution in [2.24, 2.45) is 0 Å². The average Bonchev–Trinajstić information content (AvgIpc) is 2.74. The van der Waals surface area contributed by atoms with Crippen LogP contribution in [0.3, 0.4) is 0 Å². The van der Waals surface area contributed by atoms with Crippen molar-refractivity contribution in [3.63, 3.8) is 0 Å². The lowest BCUT2D eigenvalue weighted by Gasteiger charge is -2.15. The Morgan fingerprint density at radius 2 is 1.76 bits per heavy atom. The first-order chi connectivity index (χ1) is 13.9. The van der Waals surface area contributed by atoms with E-state index in [1.54, 1.807) is 36.5 Å². The molecule has 3 aromatic rings. The monoisotopic (exact) mass is 404 g/mol. The van der Waals surface area contributed by atoms with E-state index in [1.165, 1.54) is 20.3 Å². The third-order valence-corrected chi connectivity index (χ3v) is 4.08. The molecule has 0 unspecified atom stereocenters. The molecule has 6 nitrogen and oxygen atoms in total. The lowest BCUT2D eigenvalue weighted by molar-refractivity contribution is -0.137. The Bertz CT molecular complexity index is 948. The fourth-order valence-corrected chi connectivity index (χ4v) is 2.60. The number of nitrogens with zero attached hydrogens (tertiary/aromatic N) is 3. The number of alkyl halides is 3. The number of aromatic nitrogens is 3. The Morgan fingerprint density at radius 1 is 0.966 bits per heavy atom. The molecule has 152 valence electrons. The van der Waals surface area contributed by atoms with Crippen LogP contribution in [0.5, 0.6) is 0 Å². The van der Waals surface area contributed by atoms with E-state index in [0.717, 1.165) is 12.1 Å². The molecule has 2 heterocycles. The normalized spacial score (nSPS) is 11.7. The van der Waals surface area contributed by atoms with Crippen LogP contribution in [0.15, 0.2) is 54.7 Å². The number of anilines is 1. The summed E-state index contributed by atoms with van der Waals surface area (Å²) in [5.41, 5.74) is 0.402. The van der Waals surface area contributed by atoms with Gasteiger partial charge in [-0.1, -0.05) is 18.2 Å². The molecule has 2 aromatic heterocycles. The van der Waals surface area contributed by atoms with E-state index in [2.05, 4.69) is 20.3 Å². The molecule has 1 N–H and O–H groups in total. The summed E-state index contributed by atoms with van der Waals surface area (Å²) in [6.07, 6.45) is -3.37. The standard InChI is InChI=1S/C20H19F3N4O2/c1-28-18(29-2)12-25-17-11-16(13-6-5-7-14(10-13)20(21,22)23)26-19(27-17)15-8-3-4-9-24-15/h3-11,18H,12H2,1-2H3,(H,25,26,27). The Hall–Kier alpha value is -3.04. The third kappa shape index (κ3) is 5.27. The molecule has 1 aromatic carbocycles. The Kier molecular flexibility index (Phi) is 6.40. The molecule has 29 heavy (non-hydrogen) atoms. The molecule has 0 spiro atoms. The number of hydrogen-bond acceptors (Lipinski definition) is 6. The van der Waals surface area contributed by atoms with E-state index in [1.807, 2.05) is 0 Å². The maximum atomic E-state index is 13.1. The van der Waals surface area contributed by atoms with Gasteiger partial charge >= 0.3 is 6.18 Å². The largest absolute Gasteiger partial charge is 0.416 e. The van der Waals surface area contributed by atoms with Crippen molar-refractivity contribution in [3.8, 4) is 22.8 Å². The van der Waals surface area contributed by atoms with E-state index >= 15 is 0 Å². The summed E-state index contributed by atoms with van der Waals surface area (Å²) in [6.45, 7) is 0.285.